The Kier molecular flexibility index (Phi) is 2.79. The summed E-state index contributed by atoms with van der Waals surface area (Å²) >= 11 is 0. The first-order chi connectivity index (χ1) is 7.20. The van der Waals surface area contributed by atoms with Gasteiger partial charge in [-0.1, -0.05) is 6.07 Å². The number of methoxy groups -OCH3 is 1. The third-order valence-electron chi connectivity index (χ3n) is 2.31. The smallest absolute Gasteiger partial charge is 0.184 e. The molecule has 0 amide bonds. The van der Waals surface area contributed by atoms with E-state index in [1.54, 1.807) is 12.1 Å². The van der Waals surface area contributed by atoms with Gasteiger partial charge in [-0.25, -0.2) is 0 Å². The molecule has 1 aliphatic heterocycles. The van der Waals surface area contributed by atoms with Crippen LogP contribution in [0.15, 0.2) is 18.2 Å². The van der Waals surface area contributed by atoms with Gasteiger partial charge in [0.2, 0.25) is 0 Å². The molecule has 1 aliphatic rings. The Morgan fingerprint density at radius 2 is 2.27 bits per heavy atom. The first-order valence-electron chi connectivity index (χ1n) is 4.84. The molecule has 1 aromatic carbocycles. The van der Waals surface area contributed by atoms with Gasteiger partial charge in [-0.2, -0.15) is 0 Å². The molecule has 0 bridgehead atoms. The van der Waals surface area contributed by atoms with Crippen molar-refractivity contribution in [1.29, 1.82) is 0 Å². The normalized spacial score (nSPS) is 25.5. The standard InChI is InChI=1S/C11H14O4/c1-7-6-14-11(15-7)8-3-4-10(13-2)9(12)5-8/h3-5,7,11-12H,6H2,1-2H3. The molecule has 1 N–H and O–H groups in total. The monoisotopic (exact) mass is 210 g/mol. The maximum atomic E-state index is 9.58. The fraction of sp³-hybridized carbons (Fsp3) is 0.455. The third-order valence-corrected chi connectivity index (χ3v) is 2.31. The quantitative estimate of drug-likeness (QED) is 0.809. The molecule has 1 fully saturated rings. The van der Waals surface area contributed by atoms with Crippen LogP contribution < -0.4 is 4.74 Å². The van der Waals surface area contributed by atoms with Crippen molar-refractivity contribution in [1.82, 2.24) is 0 Å². The maximum absolute atomic E-state index is 9.58. The van der Waals surface area contributed by atoms with E-state index in [0.717, 1.165) is 5.56 Å². The molecular formula is C11H14O4. The van der Waals surface area contributed by atoms with Gasteiger partial charge in [0.05, 0.1) is 19.8 Å². The van der Waals surface area contributed by atoms with Gasteiger partial charge >= 0.3 is 0 Å². The first-order valence-corrected chi connectivity index (χ1v) is 4.84. The molecule has 2 rings (SSSR count). The molecule has 4 nitrogen and oxygen atoms in total. The fourth-order valence-electron chi connectivity index (χ4n) is 1.54. The van der Waals surface area contributed by atoms with Crippen LogP contribution in [-0.2, 0) is 9.47 Å². The van der Waals surface area contributed by atoms with Crippen LogP contribution in [0, 0.1) is 0 Å². The minimum Gasteiger partial charge on any atom is -0.504 e. The van der Waals surface area contributed by atoms with E-state index in [1.165, 1.54) is 7.11 Å². The van der Waals surface area contributed by atoms with Crippen LogP contribution in [-0.4, -0.2) is 24.9 Å². The molecule has 4 heteroatoms. The second kappa shape index (κ2) is 4.08. The van der Waals surface area contributed by atoms with Gasteiger partial charge in [-0.05, 0) is 19.1 Å². The van der Waals surface area contributed by atoms with Crippen molar-refractivity contribution in [3.8, 4) is 11.5 Å². The Hall–Kier alpha value is -1.26. The molecule has 1 aromatic rings. The second-order valence-corrected chi connectivity index (χ2v) is 3.54. The largest absolute Gasteiger partial charge is 0.504 e. The number of hydrogen-bond acceptors (Lipinski definition) is 4. The minimum absolute atomic E-state index is 0.0965. The lowest BCUT2D eigenvalue weighted by molar-refractivity contribution is -0.0573. The van der Waals surface area contributed by atoms with E-state index in [0.29, 0.717) is 12.4 Å². The number of phenols is 1. The molecule has 2 unspecified atom stereocenters. The predicted octanol–water partition coefficient (Wildman–Crippen LogP) is 1.83. The molecule has 82 valence electrons. The van der Waals surface area contributed by atoms with E-state index < -0.39 is 0 Å². The van der Waals surface area contributed by atoms with Crippen molar-refractivity contribution in [3.63, 3.8) is 0 Å². The van der Waals surface area contributed by atoms with E-state index in [4.69, 9.17) is 14.2 Å². The molecule has 15 heavy (non-hydrogen) atoms. The van der Waals surface area contributed by atoms with Gasteiger partial charge in [0.1, 0.15) is 0 Å². The van der Waals surface area contributed by atoms with Gasteiger partial charge in [0.15, 0.2) is 17.8 Å². The van der Waals surface area contributed by atoms with Crippen LogP contribution in [0.4, 0.5) is 0 Å². The number of phenolic OH excluding ortho intramolecular Hbond substituents is 1. The summed E-state index contributed by atoms with van der Waals surface area (Å²) in [6.07, 6.45) is -0.281. The van der Waals surface area contributed by atoms with Crippen molar-refractivity contribution in [2.24, 2.45) is 0 Å². The average Bonchev–Trinajstić information content (AvgIpc) is 2.65. The molecular weight excluding hydrogens is 196 g/mol. The maximum Gasteiger partial charge on any atom is 0.184 e. The number of benzene rings is 1. The van der Waals surface area contributed by atoms with Crippen molar-refractivity contribution in [2.45, 2.75) is 19.3 Å². The van der Waals surface area contributed by atoms with Crippen LogP contribution >= 0.6 is 0 Å². The van der Waals surface area contributed by atoms with E-state index in [2.05, 4.69) is 0 Å². The molecule has 0 aromatic heterocycles. The lowest BCUT2D eigenvalue weighted by Crippen LogP contribution is -2.02. The Labute approximate surface area is 88.4 Å². The summed E-state index contributed by atoms with van der Waals surface area (Å²) in [5.74, 6) is 0.548. The zero-order chi connectivity index (χ0) is 10.8. The number of hydrogen-bond donors (Lipinski definition) is 1. The molecule has 0 radical (unpaired) electrons. The van der Waals surface area contributed by atoms with Crippen LogP contribution in [0.25, 0.3) is 0 Å². The Bertz CT molecular complexity index is 350. The summed E-state index contributed by atoms with van der Waals surface area (Å²) in [4.78, 5) is 0. The van der Waals surface area contributed by atoms with Crippen molar-refractivity contribution in [3.05, 3.63) is 23.8 Å². The lowest BCUT2D eigenvalue weighted by Gasteiger charge is -2.11. The van der Waals surface area contributed by atoms with Crippen LogP contribution in [0.5, 0.6) is 11.5 Å². The number of aromatic hydroxyl groups is 1. The molecule has 2 atom stereocenters. The summed E-state index contributed by atoms with van der Waals surface area (Å²) in [5.41, 5.74) is 0.803. The summed E-state index contributed by atoms with van der Waals surface area (Å²) in [6, 6.07) is 5.11. The SMILES string of the molecule is COc1ccc(C2OCC(C)O2)cc1O. The van der Waals surface area contributed by atoms with E-state index in [1.807, 2.05) is 13.0 Å². The van der Waals surface area contributed by atoms with Crippen LogP contribution in [0.1, 0.15) is 18.8 Å². The van der Waals surface area contributed by atoms with Crippen molar-refractivity contribution in [2.75, 3.05) is 13.7 Å². The second-order valence-electron chi connectivity index (χ2n) is 3.54. The number of rotatable bonds is 2. The predicted molar refractivity (Wildman–Crippen MR) is 53.9 cm³/mol. The van der Waals surface area contributed by atoms with Gasteiger partial charge in [0.25, 0.3) is 0 Å². The highest BCUT2D eigenvalue weighted by atomic mass is 16.7. The lowest BCUT2D eigenvalue weighted by atomic mass is 10.2. The highest BCUT2D eigenvalue weighted by Gasteiger charge is 2.24. The van der Waals surface area contributed by atoms with Crippen molar-refractivity contribution < 1.29 is 19.3 Å². The highest BCUT2D eigenvalue weighted by molar-refractivity contribution is 5.42. The number of ether oxygens (including phenoxy) is 3. The average molecular weight is 210 g/mol. The zero-order valence-corrected chi connectivity index (χ0v) is 8.77. The van der Waals surface area contributed by atoms with Crippen LogP contribution in [0.2, 0.25) is 0 Å². The molecule has 0 spiro atoms. The third kappa shape index (κ3) is 2.06. The zero-order valence-electron chi connectivity index (χ0n) is 8.77. The summed E-state index contributed by atoms with van der Waals surface area (Å²) in [7, 11) is 1.51. The minimum atomic E-state index is -0.378. The topological polar surface area (TPSA) is 47.9 Å². The van der Waals surface area contributed by atoms with Crippen LogP contribution in [0.3, 0.4) is 0 Å². The Morgan fingerprint density at radius 1 is 1.47 bits per heavy atom. The van der Waals surface area contributed by atoms with E-state index >= 15 is 0 Å². The van der Waals surface area contributed by atoms with Gasteiger partial charge < -0.3 is 19.3 Å². The van der Waals surface area contributed by atoms with Gasteiger partial charge in [-0.3, -0.25) is 0 Å². The summed E-state index contributed by atoms with van der Waals surface area (Å²) < 4.78 is 15.9. The molecule has 1 heterocycles. The summed E-state index contributed by atoms with van der Waals surface area (Å²) in [6.45, 7) is 2.53. The molecule has 0 saturated carbocycles. The molecule has 1 saturated heterocycles. The Morgan fingerprint density at radius 3 is 2.80 bits per heavy atom. The summed E-state index contributed by atoms with van der Waals surface area (Å²) in [5, 5.41) is 9.58. The molecule has 0 aliphatic carbocycles. The first kappa shape index (κ1) is 10.3. The van der Waals surface area contributed by atoms with Crippen molar-refractivity contribution >= 4 is 0 Å². The van der Waals surface area contributed by atoms with Gasteiger partial charge in [0, 0.05) is 5.56 Å². The Balaban J connectivity index is 2.19. The fourth-order valence-corrected chi connectivity index (χ4v) is 1.54. The van der Waals surface area contributed by atoms with E-state index in [-0.39, 0.29) is 18.1 Å². The van der Waals surface area contributed by atoms with E-state index in [9.17, 15) is 5.11 Å². The van der Waals surface area contributed by atoms with Gasteiger partial charge in [-0.15, -0.1) is 0 Å². The highest BCUT2D eigenvalue weighted by Crippen LogP contribution is 2.33.